The van der Waals surface area contributed by atoms with Gasteiger partial charge in [-0.1, -0.05) is 18.2 Å². The summed E-state index contributed by atoms with van der Waals surface area (Å²) in [7, 11) is 0. The average Bonchev–Trinajstić information content (AvgIpc) is 3.38. The van der Waals surface area contributed by atoms with Crippen molar-refractivity contribution in [3.8, 4) is 5.75 Å². The predicted molar refractivity (Wildman–Crippen MR) is 136 cm³/mol. The lowest BCUT2D eigenvalue weighted by Crippen LogP contribution is -2.40. The molecule has 6 rings (SSSR count). The summed E-state index contributed by atoms with van der Waals surface area (Å²) in [6, 6.07) is 18.3. The fourth-order valence-electron chi connectivity index (χ4n) is 4.83. The number of nitrogens with one attached hydrogen (secondary N) is 1. The van der Waals surface area contributed by atoms with Crippen molar-refractivity contribution in [3.05, 3.63) is 113 Å². The van der Waals surface area contributed by atoms with E-state index in [4.69, 9.17) is 13.6 Å². The van der Waals surface area contributed by atoms with Gasteiger partial charge in [-0.2, -0.15) is 0 Å². The second kappa shape index (κ2) is 10.2. The molecular formula is C30H27FN2O5. The topological polar surface area (TPSA) is 84.9 Å². The van der Waals surface area contributed by atoms with Crippen molar-refractivity contribution in [1.82, 2.24) is 10.2 Å². The third kappa shape index (κ3) is 5.07. The number of ether oxygens (including phenoxy) is 1. The quantitative estimate of drug-likeness (QED) is 0.335. The van der Waals surface area contributed by atoms with Gasteiger partial charge in [0.05, 0.1) is 12.3 Å². The zero-order valence-corrected chi connectivity index (χ0v) is 20.7. The summed E-state index contributed by atoms with van der Waals surface area (Å²) in [5.41, 5.74) is 2.78. The number of furan rings is 2. The summed E-state index contributed by atoms with van der Waals surface area (Å²) in [6.45, 7) is 1.31. The second-order valence-corrected chi connectivity index (χ2v) is 9.75. The van der Waals surface area contributed by atoms with Gasteiger partial charge in [0.25, 0.3) is 11.8 Å². The molecule has 2 aliphatic rings. The fraction of sp³-hybridized carbons (Fsp3) is 0.267. The summed E-state index contributed by atoms with van der Waals surface area (Å²) in [5, 5.41) is 2.89. The van der Waals surface area contributed by atoms with Crippen molar-refractivity contribution in [3.63, 3.8) is 0 Å². The highest BCUT2D eigenvalue weighted by molar-refractivity contribution is 5.92. The Morgan fingerprint density at radius 2 is 1.87 bits per heavy atom. The predicted octanol–water partition coefficient (Wildman–Crippen LogP) is 5.52. The molecule has 4 aromatic rings. The molecule has 1 saturated carbocycles. The van der Waals surface area contributed by atoms with Crippen LogP contribution in [-0.2, 0) is 13.0 Å². The lowest BCUT2D eigenvalue weighted by molar-refractivity contribution is 0.0661. The average molecular weight is 515 g/mol. The van der Waals surface area contributed by atoms with E-state index < -0.39 is 6.04 Å². The molecule has 38 heavy (non-hydrogen) atoms. The molecule has 1 aliphatic heterocycles. The third-order valence-electron chi connectivity index (χ3n) is 7.04. The van der Waals surface area contributed by atoms with Gasteiger partial charge in [-0.15, -0.1) is 0 Å². The minimum Gasteiger partial charge on any atom is -0.486 e. The number of benzene rings is 2. The summed E-state index contributed by atoms with van der Waals surface area (Å²) < 4.78 is 30.8. The lowest BCUT2D eigenvalue weighted by atomic mass is 9.87. The maximum absolute atomic E-state index is 13.7. The molecule has 8 heteroatoms. The number of carbonyl (C=O) groups is 2. The van der Waals surface area contributed by atoms with Crippen LogP contribution in [0.5, 0.6) is 5.75 Å². The van der Waals surface area contributed by atoms with Crippen LogP contribution in [0.25, 0.3) is 0 Å². The number of hydrogen-bond acceptors (Lipinski definition) is 5. The van der Waals surface area contributed by atoms with Crippen LogP contribution in [-0.4, -0.2) is 29.8 Å². The molecule has 7 nitrogen and oxygen atoms in total. The summed E-state index contributed by atoms with van der Waals surface area (Å²) in [5.74, 6) is 1.43. The van der Waals surface area contributed by atoms with Crippen molar-refractivity contribution in [1.29, 1.82) is 0 Å². The molecule has 2 aromatic heterocycles. The van der Waals surface area contributed by atoms with Crippen LogP contribution >= 0.6 is 0 Å². The smallest absolute Gasteiger partial charge is 0.290 e. The second-order valence-electron chi connectivity index (χ2n) is 9.75. The minimum absolute atomic E-state index is 0.144. The molecule has 0 bridgehead atoms. The van der Waals surface area contributed by atoms with E-state index in [0.717, 1.165) is 29.5 Å². The number of carbonyl (C=O) groups excluding carboxylic acids is 2. The molecule has 1 fully saturated rings. The minimum atomic E-state index is -0.439. The summed E-state index contributed by atoms with van der Waals surface area (Å²) in [6.07, 6.45) is 4.46. The Morgan fingerprint density at radius 1 is 1.03 bits per heavy atom. The number of fused-ring (bicyclic) bond motifs is 1. The Hall–Kier alpha value is -4.33. The van der Waals surface area contributed by atoms with Crippen LogP contribution < -0.4 is 10.1 Å². The standard InChI is InChI=1S/C30H27FN2O5/c31-22-8-5-21(6-9-22)28-25-16-23(10-7-20(25)13-14-33(28)30(35)27-2-1-15-36-27)37-18-24-11-12-26(38-24)29(34)32-17-19-3-4-19/h1-2,5-12,15-16,19,28H,3-4,13-14,17-18H2,(H,32,34). The molecule has 1 aliphatic carbocycles. The zero-order chi connectivity index (χ0) is 26.1. The number of rotatable bonds is 8. The van der Waals surface area contributed by atoms with Crippen LogP contribution in [0.1, 0.15) is 62.4 Å². The van der Waals surface area contributed by atoms with Crippen LogP contribution in [0.3, 0.4) is 0 Å². The van der Waals surface area contributed by atoms with Crippen molar-refractivity contribution in [2.24, 2.45) is 5.92 Å². The van der Waals surface area contributed by atoms with E-state index in [1.807, 2.05) is 18.2 Å². The Labute approximate surface area is 219 Å². The number of nitrogens with zero attached hydrogens (tertiary/aromatic N) is 1. The first-order chi connectivity index (χ1) is 18.5. The van der Waals surface area contributed by atoms with E-state index in [0.29, 0.717) is 36.9 Å². The molecule has 2 aromatic carbocycles. The molecular weight excluding hydrogens is 487 g/mol. The number of halogens is 1. The van der Waals surface area contributed by atoms with Gasteiger partial charge in [0.2, 0.25) is 0 Å². The van der Waals surface area contributed by atoms with Crippen molar-refractivity contribution < 1.29 is 27.6 Å². The highest BCUT2D eigenvalue weighted by Crippen LogP contribution is 2.38. The molecule has 1 N–H and O–H groups in total. The molecule has 2 amide bonds. The maximum atomic E-state index is 13.7. The van der Waals surface area contributed by atoms with Gasteiger partial charge >= 0.3 is 0 Å². The van der Waals surface area contributed by atoms with Crippen LogP contribution in [0, 0.1) is 11.7 Å². The molecule has 194 valence electrons. The van der Waals surface area contributed by atoms with Gasteiger partial charge in [-0.25, -0.2) is 4.39 Å². The van der Waals surface area contributed by atoms with Gasteiger partial charge in [-0.05, 0) is 90.4 Å². The Kier molecular flexibility index (Phi) is 6.45. The maximum Gasteiger partial charge on any atom is 0.290 e. The van der Waals surface area contributed by atoms with E-state index in [1.165, 1.54) is 18.4 Å². The fourth-order valence-corrected chi connectivity index (χ4v) is 4.83. The van der Waals surface area contributed by atoms with Gasteiger partial charge in [-0.3, -0.25) is 9.59 Å². The zero-order valence-electron chi connectivity index (χ0n) is 20.7. The first-order valence-corrected chi connectivity index (χ1v) is 12.8. The van der Waals surface area contributed by atoms with Crippen LogP contribution in [0.4, 0.5) is 4.39 Å². The van der Waals surface area contributed by atoms with Gasteiger partial charge < -0.3 is 23.8 Å². The lowest BCUT2D eigenvalue weighted by Gasteiger charge is -2.37. The van der Waals surface area contributed by atoms with E-state index in [2.05, 4.69) is 5.32 Å². The van der Waals surface area contributed by atoms with Crippen LogP contribution in [0.2, 0.25) is 0 Å². The molecule has 0 radical (unpaired) electrons. The number of hydrogen-bond donors (Lipinski definition) is 1. The van der Waals surface area contributed by atoms with Crippen molar-refractivity contribution in [2.45, 2.75) is 31.9 Å². The highest BCUT2D eigenvalue weighted by atomic mass is 19.1. The Balaban J connectivity index is 1.23. The van der Waals surface area contributed by atoms with E-state index >= 15 is 0 Å². The largest absolute Gasteiger partial charge is 0.486 e. The van der Waals surface area contributed by atoms with Crippen LogP contribution in [0.15, 0.2) is 81.8 Å². The van der Waals surface area contributed by atoms with Crippen molar-refractivity contribution in [2.75, 3.05) is 13.1 Å². The van der Waals surface area contributed by atoms with Gasteiger partial charge in [0, 0.05) is 13.1 Å². The first-order valence-electron chi connectivity index (χ1n) is 12.8. The normalized spacial score (nSPS) is 16.7. The first kappa shape index (κ1) is 24.0. The Bertz CT molecular complexity index is 1440. The number of amides is 2. The molecule has 3 heterocycles. The molecule has 1 atom stereocenters. The van der Waals surface area contributed by atoms with E-state index in [1.54, 1.807) is 41.3 Å². The SMILES string of the molecule is O=C(NCC1CC1)c1ccc(COc2ccc3c(c2)C(c2ccc(F)cc2)N(C(=O)c2ccco2)CC3)o1. The molecule has 1 unspecified atom stereocenters. The monoisotopic (exact) mass is 514 g/mol. The summed E-state index contributed by atoms with van der Waals surface area (Å²) >= 11 is 0. The van der Waals surface area contributed by atoms with Gasteiger partial charge in [0.1, 0.15) is 23.9 Å². The summed E-state index contributed by atoms with van der Waals surface area (Å²) in [4.78, 5) is 27.4. The van der Waals surface area contributed by atoms with Crippen molar-refractivity contribution >= 4 is 11.8 Å². The van der Waals surface area contributed by atoms with Gasteiger partial charge in [0.15, 0.2) is 11.5 Å². The van der Waals surface area contributed by atoms with E-state index in [9.17, 15) is 14.0 Å². The molecule has 0 saturated heterocycles. The highest BCUT2D eigenvalue weighted by Gasteiger charge is 2.34. The van der Waals surface area contributed by atoms with E-state index in [-0.39, 0.29) is 35.8 Å². The molecule has 0 spiro atoms. The Morgan fingerprint density at radius 3 is 2.63 bits per heavy atom. The third-order valence-corrected chi connectivity index (χ3v) is 7.04.